The third-order valence-corrected chi connectivity index (χ3v) is 3.51. The largest absolute Gasteiger partial charge is 0.362 e. The lowest BCUT2D eigenvalue weighted by atomic mass is 10.0. The molecule has 2 rings (SSSR count). The molecule has 2 aromatic rings. The Balaban J connectivity index is 2.33. The van der Waals surface area contributed by atoms with Gasteiger partial charge in [-0.15, -0.1) is 0 Å². The summed E-state index contributed by atoms with van der Waals surface area (Å²) in [5, 5.41) is 12.5. The number of pyridine rings is 1. The summed E-state index contributed by atoms with van der Waals surface area (Å²) in [7, 11) is 0. The molecule has 1 atom stereocenters. The maximum atomic E-state index is 13.7. The van der Waals surface area contributed by atoms with Crippen molar-refractivity contribution < 1.29 is 4.39 Å². The van der Waals surface area contributed by atoms with Crippen LogP contribution in [-0.2, 0) is 0 Å². The van der Waals surface area contributed by atoms with Crippen molar-refractivity contribution >= 4 is 5.82 Å². The van der Waals surface area contributed by atoms with E-state index in [0.29, 0.717) is 16.9 Å². The first-order chi connectivity index (χ1) is 9.92. The molecule has 1 unspecified atom stereocenters. The molecule has 0 saturated carbocycles. The highest BCUT2D eigenvalue weighted by Gasteiger charge is 2.13. The van der Waals surface area contributed by atoms with Crippen LogP contribution in [0, 0.1) is 37.9 Å². The van der Waals surface area contributed by atoms with E-state index >= 15 is 0 Å². The predicted octanol–water partition coefficient (Wildman–Crippen LogP) is 4.19. The van der Waals surface area contributed by atoms with Gasteiger partial charge in [0.05, 0.1) is 11.6 Å². The second kappa shape index (κ2) is 5.92. The first kappa shape index (κ1) is 15.0. The molecule has 1 heterocycles. The van der Waals surface area contributed by atoms with E-state index in [9.17, 15) is 9.65 Å². The summed E-state index contributed by atoms with van der Waals surface area (Å²) in [6, 6.07) is 9.05. The molecule has 4 heteroatoms. The molecule has 0 fully saturated rings. The quantitative estimate of drug-likeness (QED) is 0.918. The number of nitrogens with one attached hydrogen (secondary N) is 1. The number of hydrogen-bond donors (Lipinski definition) is 1. The first-order valence-electron chi connectivity index (χ1n) is 6.83. The lowest BCUT2D eigenvalue weighted by Gasteiger charge is -2.17. The number of benzene rings is 1. The summed E-state index contributed by atoms with van der Waals surface area (Å²) in [5.41, 5.74) is 3.70. The van der Waals surface area contributed by atoms with Crippen LogP contribution in [0.2, 0.25) is 0 Å². The van der Waals surface area contributed by atoms with Gasteiger partial charge in [-0.1, -0.05) is 12.1 Å². The first-order valence-corrected chi connectivity index (χ1v) is 6.83. The Morgan fingerprint density at radius 3 is 2.52 bits per heavy atom. The Morgan fingerprint density at radius 1 is 1.19 bits per heavy atom. The van der Waals surface area contributed by atoms with Gasteiger partial charge in [0.25, 0.3) is 0 Å². The summed E-state index contributed by atoms with van der Waals surface area (Å²) in [4.78, 5) is 4.38. The van der Waals surface area contributed by atoms with Crippen LogP contribution in [0.15, 0.2) is 24.3 Å². The predicted molar refractivity (Wildman–Crippen MR) is 81.6 cm³/mol. The fourth-order valence-corrected chi connectivity index (χ4v) is 2.25. The van der Waals surface area contributed by atoms with E-state index in [2.05, 4.69) is 16.4 Å². The molecular formula is C17H18FN3. The van der Waals surface area contributed by atoms with Crippen molar-refractivity contribution in [3.05, 3.63) is 58.0 Å². The molecule has 0 bridgehead atoms. The minimum Gasteiger partial charge on any atom is -0.362 e. The van der Waals surface area contributed by atoms with Crippen molar-refractivity contribution in [2.45, 2.75) is 33.7 Å². The number of anilines is 1. The second-order valence-corrected chi connectivity index (χ2v) is 5.29. The molecular weight excluding hydrogens is 265 g/mol. The van der Waals surface area contributed by atoms with Crippen LogP contribution in [0.4, 0.5) is 10.2 Å². The highest BCUT2D eigenvalue weighted by molar-refractivity contribution is 5.57. The topological polar surface area (TPSA) is 48.7 Å². The summed E-state index contributed by atoms with van der Waals surface area (Å²) in [6.07, 6.45) is 0. The normalized spacial score (nSPS) is 11.8. The third kappa shape index (κ3) is 3.19. The molecule has 1 aromatic carbocycles. The molecule has 3 nitrogen and oxygen atoms in total. The Morgan fingerprint density at radius 2 is 1.90 bits per heavy atom. The average Bonchev–Trinajstić information content (AvgIpc) is 2.41. The van der Waals surface area contributed by atoms with Crippen LogP contribution in [0.3, 0.4) is 0 Å². The summed E-state index contributed by atoms with van der Waals surface area (Å²) in [5.74, 6) is 0.318. The van der Waals surface area contributed by atoms with Crippen molar-refractivity contribution in [3.63, 3.8) is 0 Å². The van der Waals surface area contributed by atoms with E-state index < -0.39 is 0 Å². The van der Waals surface area contributed by atoms with Crippen molar-refractivity contribution in [1.82, 2.24) is 4.98 Å². The smallest absolute Gasteiger partial charge is 0.144 e. The zero-order chi connectivity index (χ0) is 15.6. The Hall–Kier alpha value is -2.41. The number of nitriles is 1. The van der Waals surface area contributed by atoms with Gasteiger partial charge in [0.1, 0.15) is 17.7 Å². The highest BCUT2D eigenvalue weighted by atomic mass is 19.1. The highest BCUT2D eigenvalue weighted by Crippen LogP contribution is 2.24. The number of aromatic nitrogens is 1. The maximum absolute atomic E-state index is 13.7. The minimum absolute atomic E-state index is 0.138. The molecule has 0 aliphatic rings. The summed E-state index contributed by atoms with van der Waals surface area (Å²) < 4.78 is 13.7. The van der Waals surface area contributed by atoms with Crippen LogP contribution in [-0.4, -0.2) is 4.98 Å². The molecule has 0 saturated heterocycles. The van der Waals surface area contributed by atoms with Crippen molar-refractivity contribution in [2.24, 2.45) is 0 Å². The fraction of sp³-hybridized carbons (Fsp3) is 0.294. The molecule has 0 radical (unpaired) electrons. The number of aryl methyl sites for hydroxylation is 3. The third-order valence-electron chi connectivity index (χ3n) is 3.51. The molecule has 1 aromatic heterocycles. The molecule has 21 heavy (non-hydrogen) atoms. The van der Waals surface area contributed by atoms with E-state index in [1.165, 1.54) is 6.07 Å². The van der Waals surface area contributed by atoms with Crippen molar-refractivity contribution in [1.29, 1.82) is 5.26 Å². The standard InChI is InChI=1S/C17H18FN3/c1-10-5-6-14(8-16(10)18)13(4)21-17-15(9-19)11(2)7-12(3)20-17/h5-8,13H,1-4H3,(H,20,21). The second-order valence-electron chi connectivity index (χ2n) is 5.29. The Labute approximate surface area is 124 Å². The van der Waals surface area contributed by atoms with E-state index in [1.54, 1.807) is 13.0 Å². The lowest BCUT2D eigenvalue weighted by molar-refractivity contribution is 0.614. The number of halogens is 1. The van der Waals surface area contributed by atoms with Crippen LogP contribution in [0.1, 0.15) is 40.9 Å². The number of nitrogens with zero attached hydrogens (tertiary/aromatic N) is 2. The van der Waals surface area contributed by atoms with Gasteiger partial charge in [-0.2, -0.15) is 5.26 Å². The lowest BCUT2D eigenvalue weighted by Crippen LogP contribution is -2.11. The van der Waals surface area contributed by atoms with E-state index in [1.807, 2.05) is 32.9 Å². The van der Waals surface area contributed by atoms with Crippen molar-refractivity contribution in [2.75, 3.05) is 5.32 Å². The van der Waals surface area contributed by atoms with Gasteiger partial charge in [0.15, 0.2) is 0 Å². The molecule has 0 spiro atoms. The average molecular weight is 283 g/mol. The fourth-order valence-electron chi connectivity index (χ4n) is 2.25. The van der Waals surface area contributed by atoms with Crippen LogP contribution in [0.25, 0.3) is 0 Å². The zero-order valence-electron chi connectivity index (χ0n) is 12.7. The Kier molecular flexibility index (Phi) is 4.23. The number of rotatable bonds is 3. The van der Waals surface area contributed by atoms with E-state index in [0.717, 1.165) is 16.8 Å². The van der Waals surface area contributed by atoms with Crippen molar-refractivity contribution in [3.8, 4) is 6.07 Å². The number of hydrogen-bond acceptors (Lipinski definition) is 3. The van der Waals surface area contributed by atoms with Gasteiger partial charge in [0, 0.05) is 5.69 Å². The minimum atomic E-state index is -0.227. The van der Waals surface area contributed by atoms with Gasteiger partial charge >= 0.3 is 0 Å². The molecule has 0 aliphatic heterocycles. The monoisotopic (exact) mass is 283 g/mol. The zero-order valence-corrected chi connectivity index (χ0v) is 12.7. The van der Waals surface area contributed by atoms with Gasteiger partial charge in [-0.25, -0.2) is 9.37 Å². The SMILES string of the molecule is Cc1cc(C)c(C#N)c(NC(C)c2ccc(C)c(F)c2)n1. The van der Waals surface area contributed by atoms with E-state index in [4.69, 9.17) is 0 Å². The maximum Gasteiger partial charge on any atom is 0.144 e. The summed E-state index contributed by atoms with van der Waals surface area (Å²) >= 11 is 0. The Bertz CT molecular complexity index is 717. The van der Waals surface area contributed by atoms with Gasteiger partial charge < -0.3 is 5.32 Å². The molecule has 0 aliphatic carbocycles. The van der Waals surface area contributed by atoms with Crippen LogP contribution in [0.5, 0.6) is 0 Å². The molecule has 108 valence electrons. The van der Waals surface area contributed by atoms with Crippen LogP contribution < -0.4 is 5.32 Å². The molecule has 0 amide bonds. The van der Waals surface area contributed by atoms with E-state index in [-0.39, 0.29) is 11.9 Å². The summed E-state index contributed by atoms with van der Waals surface area (Å²) in [6.45, 7) is 7.42. The van der Waals surface area contributed by atoms with Gasteiger partial charge in [-0.3, -0.25) is 0 Å². The van der Waals surface area contributed by atoms with Crippen LogP contribution >= 0.6 is 0 Å². The molecule has 1 N–H and O–H groups in total. The van der Waals surface area contributed by atoms with Gasteiger partial charge in [-0.05, 0) is 56.5 Å². The van der Waals surface area contributed by atoms with Gasteiger partial charge in [0.2, 0.25) is 0 Å².